The van der Waals surface area contributed by atoms with Gasteiger partial charge in [-0.15, -0.1) is 0 Å². The topological polar surface area (TPSA) is 74.2 Å². The monoisotopic (exact) mass is 353 g/mol. The molecule has 0 aliphatic carbocycles. The van der Waals surface area contributed by atoms with Crippen LogP contribution in [0.5, 0.6) is 0 Å². The predicted molar refractivity (Wildman–Crippen MR) is 95.3 cm³/mol. The highest BCUT2D eigenvalue weighted by atomic mass is 19.1. The van der Waals surface area contributed by atoms with Gasteiger partial charge in [-0.2, -0.15) is 10.4 Å². The number of likely N-dealkylation sites (tertiary alicyclic amines) is 1. The van der Waals surface area contributed by atoms with E-state index in [2.05, 4.69) is 26.4 Å². The molecule has 0 bridgehead atoms. The highest BCUT2D eigenvalue weighted by Crippen LogP contribution is 2.24. The second kappa shape index (κ2) is 6.77. The highest BCUT2D eigenvalue weighted by Gasteiger charge is 2.32. The van der Waals surface area contributed by atoms with Crippen LogP contribution in [0.3, 0.4) is 0 Å². The number of aryl methyl sites for hydroxylation is 1. The fourth-order valence-electron chi connectivity index (χ4n) is 3.53. The summed E-state index contributed by atoms with van der Waals surface area (Å²) in [6.45, 7) is 1.60. The number of anilines is 1. The van der Waals surface area contributed by atoms with Crippen LogP contribution in [0.15, 0.2) is 36.7 Å². The van der Waals surface area contributed by atoms with Gasteiger partial charge in [0.25, 0.3) is 0 Å². The van der Waals surface area contributed by atoms with E-state index in [0.29, 0.717) is 43.2 Å². The average molecular weight is 353 g/mol. The number of imidazole rings is 1. The molecule has 0 aromatic carbocycles. The van der Waals surface area contributed by atoms with E-state index in [4.69, 9.17) is 0 Å². The standard InChI is InChI=1S/C18H20FN7/c1-24-14(5-6-22-24)12-25-11-13(19)8-15(25)10-21-18-16(9-20)26-7-3-2-4-17(26)23-18/h2-7,13,15,21H,8,10-12H2,1H3/t13-,15-/m0/s1. The Morgan fingerprint density at radius 3 is 3.04 bits per heavy atom. The van der Waals surface area contributed by atoms with Crippen molar-refractivity contribution in [2.24, 2.45) is 7.05 Å². The number of nitriles is 1. The molecule has 0 saturated carbocycles. The molecule has 4 rings (SSSR count). The van der Waals surface area contributed by atoms with Gasteiger partial charge in [0.1, 0.15) is 17.9 Å². The van der Waals surface area contributed by atoms with E-state index in [1.165, 1.54) is 0 Å². The second-order valence-corrected chi connectivity index (χ2v) is 6.59. The molecule has 1 N–H and O–H groups in total. The zero-order valence-electron chi connectivity index (χ0n) is 14.5. The fourth-order valence-corrected chi connectivity index (χ4v) is 3.53. The van der Waals surface area contributed by atoms with Crippen molar-refractivity contribution in [3.8, 4) is 6.07 Å². The smallest absolute Gasteiger partial charge is 0.168 e. The van der Waals surface area contributed by atoms with Crippen LogP contribution >= 0.6 is 0 Å². The van der Waals surface area contributed by atoms with Gasteiger partial charge in [0.05, 0.1) is 5.69 Å². The lowest BCUT2D eigenvalue weighted by Crippen LogP contribution is -2.35. The highest BCUT2D eigenvalue weighted by molar-refractivity contribution is 5.58. The number of rotatable bonds is 5. The molecule has 26 heavy (non-hydrogen) atoms. The van der Waals surface area contributed by atoms with E-state index in [0.717, 1.165) is 5.69 Å². The third kappa shape index (κ3) is 3.02. The van der Waals surface area contributed by atoms with Gasteiger partial charge in [-0.3, -0.25) is 14.0 Å². The van der Waals surface area contributed by atoms with Crippen molar-refractivity contribution in [1.29, 1.82) is 5.26 Å². The van der Waals surface area contributed by atoms with Gasteiger partial charge in [-0.25, -0.2) is 9.37 Å². The Hall–Kier alpha value is -2.92. The normalized spacial score (nSPS) is 20.5. The van der Waals surface area contributed by atoms with Crippen LogP contribution in [0.1, 0.15) is 17.8 Å². The first-order valence-corrected chi connectivity index (χ1v) is 8.61. The van der Waals surface area contributed by atoms with Crippen molar-refractivity contribution in [3.05, 3.63) is 48.0 Å². The molecular weight excluding hydrogens is 333 g/mol. The van der Waals surface area contributed by atoms with Crippen LogP contribution in [0.4, 0.5) is 10.2 Å². The Morgan fingerprint density at radius 1 is 1.38 bits per heavy atom. The van der Waals surface area contributed by atoms with Crippen molar-refractivity contribution in [1.82, 2.24) is 24.1 Å². The lowest BCUT2D eigenvalue weighted by Gasteiger charge is -2.24. The van der Waals surface area contributed by atoms with E-state index < -0.39 is 6.17 Å². The molecule has 0 unspecified atom stereocenters. The number of aromatic nitrogens is 4. The van der Waals surface area contributed by atoms with Crippen LogP contribution in [0.2, 0.25) is 0 Å². The minimum absolute atomic E-state index is 0.0382. The van der Waals surface area contributed by atoms with Gasteiger partial charge in [0.2, 0.25) is 0 Å². The zero-order valence-corrected chi connectivity index (χ0v) is 14.5. The number of halogens is 1. The largest absolute Gasteiger partial charge is 0.366 e. The van der Waals surface area contributed by atoms with E-state index >= 15 is 0 Å². The summed E-state index contributed by atoms with van der Waals surface area (Å²) in [7, 11) is 1.89. The minimum atomic E-state index is -0.841. The number of pyridine rings is 1. The van der Waals surface area contributed by atoms with Crippen molar-refractivity contribution < 1.29 is 4.39 Å². The number of nitrogens with zero attached hydrogens (tertiary/aromatic N) is 6. The fraction of sp³-hybridized carbons (Fsp3) is 0.389. The summed E-state index contributed by atoms with van der Waals surface area (Å²) in [5.41, 5.74) is 2.23. The first-order chi connectivity index (χ1) is 12.7. The molecule has 0 amide bonds. The Labute approximate surface area is 150 Å². The Morgan fingerprint density at radius 2 is 2.27 bits per heavy atom. The van der Waals surface area contributed by atoms with Crippen molar-refractivity contribution in [2.45, 2.75) is 25.2 Å². The Bertz CT molecular complexity index is 954. The summed E-state index contributed by atoms with van der Waals surface area (Å²) in [5, 5.41) is 16.9. The van der Waals surface area contributed by atoms with Gasteiger partial charge in [-0.05, 0) is 24.6 Å². The van der Waals surface area contributed by atoms with Gasteiger partial charge < -0.3 is 5.32 Å². The van der Waals surface area contributed by atoms with Gasteiger partial charge >= 0.3 is 0 Å². The summed E-state index contributed by atoms with van der Waals surface area (Å²) in [6, 6.07) is 9.78. The third-order valence-electron chi connectivity index (χ3n) is 4.91. The molecule has 3 aromatic rings. The lowest BCUT2D eigenvalue weighted by molar-refractivity contribution is 0.235. The van der Waals surface area contributed by atoms with Gasteiger partial charge in [0, 0.05) is 45.1 Å². The molecule has 0 spiro atoms. The minimum Gasteiger partial charge on any atom is -0.366 e. The van der Waals surface area contributed by atoms with Gasteiger partial charge in [0.15, 0.2) is 11.5 Å². The maximum absolute atomic E-state index is 14.0. The van der Waals surface area contributed by atoms with Crippen molar-refractivity contribution >= 4 is 11.5 Å². The molecule has 1 aliphatic rings. The summed E-state index contributed by atoms with van der Waals surface area (Å²) < 4.78 is 17.6. The van der Waals surface area contributed by atoms with Crippen LogP contribution in [0, 0.1) is 11.3 Å². The molecule has 134 valence electrons. The predicted octanol–water partition coefficient (Wildman–Crippen LogP) is 1.96. The number of alkyl halides is 1. The summed E-state index contributed by atoms with van der Waals surface area (Å²) >= 11 is 0. The lowest BCUT2D eigenvalue weighted by atomic mass is 10.2. The SMILES string of the molecule is Cn1nccc1CN1C[C@@H](F)C[C@H]1CNc1nc2ccccn2c1C#N. The molecule has 1 saturated heterocycles. The Balaban J connectivity index is 1.50. The number of nitrogens with one attached hydrogen (secondary N) is 1. The van der Waals surface area contributed by atoms with Crippen LogP contribution in [0.25, 0.3) is 5.65 Å². The molecule has 1 fully saturated rings. The number of hydrogen-bond donors (Lipinski definition) is 1. The molecule has 4 heterocycles. The quantitative estimate of drug-likeness (QED) is 0.759. The van der Waals surface area contributed by atoms with Crippen LogP contribution < -0.4 is 5.32 Å². The average Bonchev–Trinajstić information content (AvgIpc) is 3.30. The Kier molecular flexibility index (Phi) is 4.31. The number of fused-ring (bicyclic) bond motifs is 1. The molecule has 1 aliphatic heterocycles. The van der Waals surface area contributed by atoms with E-state index in [1.807, 2.05) is 42.2 Å². The maximum atomic E-state index is 14.0. The van der Waals surface area contributed by atoms with E-state index in [-0.39, 0.29) is 6.04 Å². The molecule has 3 aromatic heterocycles. The van der Waals surface area contributed by atoms with E-state index in [1.54, 1.807) is 10.6 Å². The van der Waals surface area contributed by atoms with Crippen molar-refractivity contribution in [3.63, 3.8) is 0 Å². The van der Waals surface area contributed by atoms with Gasteiger partial charge in [-0.1, -0.05) is 6.07 Å². The molecule has 2 atom stereocenters. The summed E-state index contributed by atoms with van der Waals surface area (Å²) in [5.74, 6) is 0.543. The number of hydrogen-bond acceptors (Lipinski definition) is 5. The summed E-state index contributed by atoms with van der Waals surface area (Å²) in [4.78, 5) is 6.60. The first-order valence-electron chi connectivity index (χ1n) is 8.61. The zero-order chi connectivity index (χ0) is 18.1. The first kappa shape index (κ1) is 16.5. The third-order valence-corrected chi connectivity index (χ3v) is 4.91. The van der Waals surface area contributed by atoms with Crippen LogP contribution in [-0.2, 0) is 13.6 Å². The molecule has 0 radical (unpaired) electrons. The molecule has 8 heteroatoms. The van der Waals surface area contributed by atoms with Crippen LogP contribution in [-0.4, -0.2) is 49.4 Å². The van der Waals surface area contributed by atoms with E-state index in [9.17, 15) is 9.65 Å². The maximum Gasteiger partial charge on any atom is 0.168 e. The van der Waals surface area contributed by atoms with Crippen molar-refractivity contribution in [2.75, 3.05) is 18.4 Å². The molecular formula is C18H20FN7. The second-order valence-electron chi connectivity index (χ2n) is 6.59. The molecule has 7 nitrogen and oxygen atoms in total. The summed E-state index contributed by atoms with van der Waals surface area (Å²) in [6.07, 6.45) is 3.20.